The molecule has 0 spiro atoms. The third kappa shape index (κ3) is 5.66. The summed E-state index contributed by atoms with van der Waals surface area (Å²) in [6.07, 6.45) is 5.47. The Balaban J connectivity index is 1.18. The highest BCUT2D eigenvalue weighted by atomic mass is 16.2. The molecule has 0 radical (unpaired) electrons. The first kappa shape index (κ1) is 32.0. The van der Waals surface area contributed by atoms with Crippen molar-refractivity contribution in [2.45, 2.75) is 77.5 Å². The second-order valence-electron chi connectivity index (χ2n) is 14.2. The summed E-state index contributed by atoms with van der Waals surface area (Å²) in [5.74, 6) is 1.76. The maximum atomic E-state index is 13.2. The Morgan fingerprint density at radius 1 is 0.771 bits per heavy atom. The molecular weight excluding hydrogens is 600 g/mol. The van der Waals surface area contributed by atoms with Gasteiger partial charge in [0.15, 0.2) is 0 Å². The van der Waals surface area contributed by atoms with Gasteiger partial charge >= 0.3 is 0 Å². The number of aromatic nitrogens is 4. The molecule has 2 aliphatic heterocycles. The molecule has 10 heteroatoms. The first-order valence-electron chi connectivity index (χ1n) is 17.3. The number of rotatable bonds is 8. The van der Waals surface area contributed by atoms with E-state index in [9.17, 15) is 9.59 Å². The molecular formula is C38H46N8O2. The van der Waals surface area contributed by atoms with E-state index in [0.717, 1.165) is 81.5 Å². The van der Waals surface area contributed by atoms with E-state index in [1.807, 2.05) is 43.7 Å². The lowest BCUT2D eigenvalue weighted by Gasteiger charge is -2.27. The number of nitrogens with zero attached hydrogens (tertiary/aromatic N) is 4. The lowest BCUT2D eigenvalue weighted by Crippen LogP contribution is -2.46. The van der Waals surface area contributed by atoms with E-state index in [1.165, 1.54) is 0 Å². The summed E-state index contributed by atoms with van der Waals surface area (Å²) in [7, 11) is 0. The van der Waals surface area contributed by atoms with Crippen LogP contribution < -0.4 is 11.5 Å². The van der Waals surface area contributed by atoms with E-state index >= 15 is 0 Å². The zero-order valence-corrected chi connectivity index (χ0v) is 28.2. The smallest absolute Gasteiger partial charge is 0.240 e. The number of benzene rings is 3. The number of aromatic amines is 2. The monoisotopic (exact) mass is 646 g/mol. The van der Waals surface area contributed by atoms with Crippen molar-refractivity contribution >= 4 is 33.6 Å². The van der Waals surface area contributed by atoms with Crippen LogP contribution in [0.15, 0.2) is 60.8 Å². The molecule has 2 fully saturated rings. The molecule has 2 saturated heterocycles. The average molecular weight is 647 g/mol. The van der Waals surface area contributed by atoms with Crippen molar-refractivity contribution in [3.8, 4) is 22.4 Å². The van der Waals surface area contributed by atoms with Gasteiger partial charge in [0.1, 0.15) is 11.6 Å². The van der Waals surface area contributed by atoms with Gasteiger partial charge in [0.25, 0.3) is 0 Å². The van der Waals surface area contributed by atoms with Gasteiger partial charge in [-0.3, -0.25) is 9.59 Å². The SMILES string of the molecule is CC(C)[C@H](N)C(=O)N1CCC[C@H]1c1ncc(-c2cccc3c(-c4ccc5nc([C@@H]6CCCN6C(=O)[C@@H](N)C(C)C)[nH]c5c4)cccc23)[nH]1. The van der Waals surface area contributed by atoms with Gasteiger partial charge in [0.05, 0.1) is 47.1 Å². The number of amides is 2. The Hall–Kier alpha value is -4.54. The quantitative estimate of drug-likeness (QED) is 0.161. The van der Waals surface area contributed by atoms with Crippen LogP contribution in [-0.4, -0.2) is 66.7 Å². The fraction of sp³-hybridized carbons (Fsp3) is 0.421. The van der Waals surface area contributed by atoms with Gasteiger partial charge in [-0.2, -0.15) is 0 Å². The van der Waals surface area contributed by atoms with Gasteiger partial charge in [0, 0.05) is 18.7 Å². The van der Waals surface area contributed by atoms with Crippen LogP contribution in [0.4, 0.5) is 0 Å². The number of carbonyl (C=O) groups excluding carboxylic acids is 2. The lowest BCUT2D eigenvalue weighted by molar-refractivity contribution is -0.135. The van der Waals surface area contributed by atoms with E-state index in [-0.39, 0.29) is 35.7 Å². The van der Waals surface area contributed by atoms with Crippen LogP contribution in [0.1, 0.15) is 77.1 Å². The molecule has 4 atom stereocenters. The largest absolute Gasteiger partial charge is 0.340 e. The minimum atomic E-state index is -0.515. The zero-order chi connectivity index (χ0) is 33.7. The molecule has 2 amide bonds. The van der Waals surface area contributed by atoms with Crippen molar-refractivity contribution in [3.63, 3.8) is 0 Å². The van der Waals surface area contributed by atoms with Crippen molar-refractivity contribution in [1.82, 2.24) is 29.7 Å². The van der Waals surface area contributed by atoms with Crippen LogP contribution in [0.5, 0.6) is 0 Å². The van der Waals surface area contributed by atoms with E-state index in [1.54, 1.807) is 0 Å². The predicted octanol–water partition coefficient (Wildman–Crippen LogP) is 6.07. The van der Waals surface area contributed by atoms with E-state index in [0.29, 0.717) is 13.1 Å². The molecule has 0 bridgehead atoms. The Labute approximate surface area is 281 Å². The van der Waals surface area contributed by atoms with E-state index in [4.69, 9.17) is 21.4 Å². The number of fused-ring (bicyclic) bond motifs is 2. The third-order valence-electron chi connectivity index (χ3n) is 10.3. The van der Waals surface area contributed by atoms with Gasteiger partial charge in [-0.05, 0) is 71.6 Å². The molecule has 250 valence electrons. The predicted molar refractivity (Wildman–Crippen MR) is 190 cm³/mol. The number of H-pyrrole nitrogens is 2. The average Bonchev–Trinajstić information content (AvgIpc) is 3.91. The standard InChI is InChI=1S/C38H46N8O2/c1-21(2)33(39)37(47)45-17-7-13-31(45)35-41-20-30(44-35)27-12-6-10-25-24(9-5-11-26(25)27)23-15-16-28-29(19-23)43-36(42-28)32-14-8-18-46(32)38(48)34(40)22(3)4/h5-6,9-12,15-16,19-22,31-34H,7-8,13-14,17-18,39-40H2,1-4H3,(H,41,44)(H,42,43)/t31-,32-,33-,34-/m0/s1. The van der Waals surface area contributed by atoms with Crippen LogP contribution in [0.2, 0.25) is 0 Å². The zero-order valence-electron chi connectivity index (χ0n) is 28.2. The second-order valence-corrected chi connectivity index (χ2v) is 14.2. The van der Waals surface area contributed by atoms with Crippen LogP contribution in [0.3, 0.4) is 0 Å². The number of carbonyl (C=O) groups is 2. The molecule has 0 unspecified atom stereocenters. The first-order chi connectivity index (χ1) is 23.1. The summed E-state index contributed by atoms with van der Waals surface area (Å²) in [6.45, 7) is 9.33. The molecule has 48 heavy (non-hydrogen) atoms. The van der Waals surface area contributed by atoms with Gasteiger partial charge in [-0.25, -0.2) is 9.97 Å². The summed E-state index contributed by atoms with van der Waals surface area (Å²) < 4.78 is 0. The summed E-state index contributed by atoms with van der Waals surface area (Å²) in [4.78, 5) is 46.9. The lowest BCUT2D eigenvalue weighted by atomic mass is 9.94. The van der Waals surface area contributed by atoms with Crippen molar-refractivity contribution in [1.29, 1.82) is 0 Å². The minimum absolute atomic E-state index is 0.00558. The molecule has 10 nitrogen and oxygen atoms in total. The fourth-order valence-corrected chi connectivity index (χ4v) is 7.38. The highest BCUT2D eigenvalue weighted by Gasteiger charge is 2.36. The molecule has 7 rings (SSSR count). The van der Waals surface area contributed by atoms with Gasteiger partial charge < -0.3 is 31.2 Å². The number of likely N-dealkylation sites (tertiary alicyclic amines) is 2. The van der Waals surface area contributed by atoms with E-state index < -0.39 is 12.1 Å². The highest BCUT2D eigenvalue weighted by Crippen LogP contribution is 2.38. The normalized spacial score (nSPS) is 19.7. The Morgan fingerprint density at radius 2 is 1.35 bits per heavy atom. The summed E-state index contributed by atoms with van der Waals surface area (Å²) in [5.41, 5.74) is 18.5. The van der Waals surface area contributed by atoms with Crippen LogP contribution in [-0.2, 0) is 9.59 Å². The van der Waals surface area contributed by atoms with Crippen LogP contribution >= 0.6 is 0 Å². The van der Waals surface area contributed by atoms with Crippen molar-refractivity contribution < 1.29 is 9.59 Å². The first-order valence-corrected chi connectivity index (χ1v) is 17.3. The minimum Gasteiger partial charge on any atom is -0.340 e. The van der Waals surface area contributed by atoms with Crippen molar-refractivity contribution in [3.05, 3.63) is 72.4 Å². The summed E-state index contributed by atoms with van der Waals surface area (Å²) >= 11 is 0. The molecule has 2 aliphatic rings. The molecule has 5 aromatic rings. The maximum Gasteiger partial charge on any atom is 0.240 e. The number of nitrogens with one attached hydrogen (secondary N) is 2. The molecule has 0 saturated carbocycles. The summed E-state index contributed by atoms with van der Waals surface area (Å²) in [6, 6.07) is 17.8. The topological polar surface area (TPSA) is 150 Å². The Morgan fingerprint density at radius 3 is 1.98 bits per heavy atom. The van der Waals surface area contributed by atoms with Gasteiger partial charge in [-0.1, -0.05) is 70.2 Å². The summed E-state index contributed by atoms with van der Waals surface area (Å²) in [5, 5.41) is 2.24. The number of hydrogen-bond donors (Lipinski definition) is 4. The molecule has 3 aromatic carbocycles. The Kier molecular flexibility index (Phi) is 8.55. The van der Waals surface area contributed by atoms with Crippen molar-refractivity contribution in [2.24, 2.45) is 23.3 Å². The van der Waals surface area contributed by atoms with Crippen molar-refractivity contribution in [2.75, 3.05) is 13.1 Å². The van der Waals surface area contributed by atoms with Gasteiger partial charge in [0.2, 0.25) is 11.8 Å². The number of nitrogens with two attached hydrogens (primary N) is 2. The number of hydrogen-bond acceptors (Lipinski definition) is 6. The fourth-order valence-electron chi connectivity index (χ4n) is 7.38. The molecule has 6 N–H and O–H groups in total. The van der Waals surface area contributed by atoms with E-state index in [2.05, 4.69) is 64.6 Å². The second kappa shape index (κ2) is 12.8. The number of imidazole rings is 2. The van der Waals surface area contributed by atoms with Gasteiger partial charge in [-0.15, -0.1) is 0 Å². The molecule has 2 aromatic heterocycles. The van der Waals surface area contributed by atoms with Crippen LogP contribution in [0.25, 0.3) is 44.2 Å². The van der Waals surface area contributed by atoms with Crippen LogP contribution in [0, 0.1) is 11.8 Å². The molecule has 0 aliphatic carbocycles. The molecule has 4 heterocycles. The third-order valence-corrected chi connectivity index (χ3v) is 10.3. The highest BCUT2D eigenvalue weighted by molar-refractivity contribution is 6.04. The maximum absolute atomic E-state index is 13.2. The Bertz CT molecular complexity index is 1980.